The lowest BCUT2D eigenvalue weighted by molar-refractivity contribution is 0.255. The molecule has 3 rings (SSSR count). The minimum absolute atomic E-state index is 0. The zero-order valence-corrected chi connectivity index (χ0v) is 20.3. The third-order valence-electron chi connectivity index (χ3n) is 5.41. The Hall–Kier alpha value is -1.12. The van der Waals surface area contributed by atoms with Crippen LogP contribution in [0.3, 0.4) is 0 Å². The highest BCUT2D eigenvalue weighted by atomic mass is 127. The summed E-state index contributed by atoms with van der Waals surface area (Å²) in [5.41, 5.74) is 1.40. The number of aliphatic imine (C=N–C) groups is 1. The summed E-state index contributed by atoms with van der Waals surface area (Å²) in [7, 11) is 4.00. The number of thiophene rings is 1. The number of hydrogen-bond donors (Lipinski definition) is 1. The van der Waals surface area contributed by atoms with Crippen LogP contribution < -0.4 is 5.32 Å². The lowest BCUT2D eigenvalue weighted by Gasteiger charge is -2.23. The van der Waals surface area contributed by atoms with Crippen LogP contribution in [-0.4, -0.2) is 55.5 Å². The summed E-state index contributed by atoms with van der Waals surface area (Å²) in [6, 6.07) is 15.8. The third kappa shape index (κ3) is 6.74. The smallest absolute Gasteiger partial charge is 0.193 e. The first-order chi connectivity index (χ1) is 13.2. The first-order valence-corrected chi connectivity index (χ1v) is 10.8. The zero-order valence-electron chi connectivity index (χ0n) is 17.2. The SMILES string of the molecule is CN=C(NCC1CC(C)N(Cc2ccccc2)C1)N(C)CCc1cccs1.I. The average Bonchev–Trinajstić information content (AvgIpc) is 3.31. The highest BCUT2D eigenvalue weighted by molar-refractivity contribution is 14.0. The molecule has 1 aromatic heterocycles. The van der Waals surface area contributed by atoms with Crippen molar-refractivity contribution in [1.82, 2.24) is 15.1 Å². The summed E-state index contributed by atoms with van der Waals surface area (Å²) in [6.45, 7) is 6.53. The van der Waals surface area contributed by atoms with Crippen molar-refractivity contribution >= 4 is 41.3 Å². The number of likely N-dealkylation sites (tertiary alicyclic amines) is 1. The molecule has 0 aliphatic carbocycles. The van der Waals surface area contributed by atoms with Crippen LogP contribution in [0.5, 0.6) is 0 Å². The number of likely N-dealkylation sites (N-methyl/N-ethyl adjacent to an activating group) is 1. The van der Waals surface area contributed by atoms with Gasteiger partial charge < -0.3 is 10.2 Å². The van der Waals surface area contributed by atoms with E-state index >= 15 is 0 Å². The zero-order chi connectivity index (χ0) is 19.1. The van der Waals surface area contributed by atoms with Gasteiger partial charge in [-0.3, -0.25) is 9.89 Å². The highest BCUT2D eigenvalue weighted by Gasteiger charge is 2.29. The number of hydrogen-bond acceptors (Lipinski definition) is 3. The van der Waals surface area contributed by atoms with E-state index in [1.165, 1.54) is 16.9 Å². The molecule has 28 heavy (non-hydrogen) atoms. The molecule has 154 valence electrons. The first kappa shape index (κ1) is 23.2. The Labute approximate surface area is 191 Å². The van der Waals surface area contributed by atoms with Gasteiger partial charge in [0.2, 0.25) is 0 Å². The predicted octanol–water partition coefficient (Wildman–Crippen LogP) is 4.33. The fourth-order valence-electron chi connectivity index (χ4n) is 3.86. The minimum Gasteiger partial charge on any atom is -0.356 e. The maximum Gasteiger partial charge on any atom is 0.193 e. The van der Waals surface area contributed by atoms with Crippen LogP contribution in [-0.2, 0) is 13.0 Å². The maximum absolute atomic E-state index is 4.48. The van der Waals surface area contributed by atoms with Crippen LogP contribution in [0, 0.1) is 5.92 Å². The normalized spacial score (nSPS) is 20.0. The van der Waals surface area contributed by atoms with E-state index in [9.17, 15) is 0 Å². The largest absolute Gasteiger partial charge is 0.356 e. The monoisotopic (exact) mass is 512 g/mol. The molecule has 4 nitrogen and oxygen atoms in total. The second kappa shape index (κ2) is 11.8. The second-order valence-electron chi connectivity index (χ2n) is 7.54. The fraction of sp³-hybridized carbons (Fsp3) is 0.500. The molecule has 1 aliphatic heterocycles. The number of nitrogens with one attached hydrogen (secondary N) is 1. The van der Waals surface area contributed by atoms with E-state index in [1.807, 2.05) is 18.4 Å². The van der Waals surface area contributed by atoms with Crippen LogP contribution >= 0.6 is 35.3 Å². The molecule has 1 fully saturated rings. The van der Waals surface area contributed by atoms with Crippen molar-refractivity contribution in [3.63, 3.8) is 0 Å². The van der Waals surface area contributed by atoms with E-state index < -0.39 is 0 Å². The summed E-state index contributed by atoms with van der Waals surface area (Å²) in [4.78, 5) is 10.7. The Morgan fingerprint density at radius 1 is 1.25 bits per heavy atom. The van der Waals surface area contributed by atoms with Gasteiger partial charge in [-0.15, -0.1) is 35.3 Å². The number of halogens is 1. The van der Waals surface area contributed by atoms with Gasteiger partial charge in [-0.1, -0.05) is 36.4 Å². The van der Waals surface area contributed by atoms with Gasteiger partial charge >= 0.3 is 0 Å². The van der Waals surface area contributed by atoms with Crippen molar-refractivity contribution in [1.29, 1.82) is 0 Å². The first-order valence-electron chi connectivity index (χ1n) is 9.88. The summed E-state index contributed by atoms with van der Waals surface area (Å²) < 4.78 is 0. The van der Waals surface area contributed by atoms with Crippen molar-refractivity contribution in [2.45, 2.75) is 32.4 Å². The van der Waals surface area contributed by atoms with Gasteiger partial charge in [-0.05, 0) is 42.7 Å². The Morgan fingerprint density at radius 3 is 2.71 bits per heavy atom. The van der Waals surface area contributed by atoms with Crippen LogP contribution in [0.2, 0.25) is 0 Å². The van der Waals surface area contributed by atoms with Crippen molar-refractivity contribution in [2.75, 3.05) is 33.7 Å². The van der Waals surface area contributed by atoms with Crippen LogP contribution in [0.4, 0.5) is 0 Å². The Balaban J connectivity index is 0.00000280. The van der Waals surface area contributed by atoms with Crippen LogP contribution in [0.25, 0.3) is 0 Å². The van der Waals surface area contributed by atoms with Gasteiger partial charge in [0, 0.05) is 51.2 Å². The molecule has 1 saturated heterocycles. The highest BCUT2D eigenvalue weighted by Crippen LogP contribution is 2.24. The lowest BCUT2D eigenvalue weighted by atomic mass is 10.1. The van der Waals surface area contributed by atoms with E-state index in [-0.39, 0.29) is 24.0 Å². The maximum atomic E-state index is 4.48. The molecule has 2 heterocycles. The molecule has 2 unspecified atom stereocenters. The molecule has 2 aromatic rings. The molecule has 0 radical (unpaired) electrons. The van der Waals surface area contributed by atoms with Crippen molar-refractivity contribution in [3.8, 4) is 0 Å². The fourth-order valence-corrected chi connectivity index (χ4v) is 4.56. The van der Waals surface area contributed by atoms with Crippen molar-refractivity contribution in [2.24, 2.45) is 10.9 Å². The van der Waals surface area contributed by atoms with Gasteiger partial charge in [0.05, 0.1) is 0 Å². The topological polar surface area (TPSA) is 30.9 Å². The Morgan fingerprint density at radius 2 is 2.04 bits per heavy atom. The Bertz CT molecular complexity index is 705. The summed E-state index contributed by atoms with van der Waals surface area (Å²) in [5, 5.41) is 5.74. The van der Waals surface area contributed by atoms with Crippen molar-refractivity contribution < 1.29 is 0 Å². The van der Waals surface area contributed by atoms with Gasteiger partial charge in [0.15, 0.2) is 5.96 Å². The summed E-state index contributed by atoms with van der Waals surface area (Å²) in [6.07, 6.45) is 2.32. The molecule has 0 amide bonds. The molecule has 1 aliphatic rings. The molecule has 0 saturated carbocycles. The van der Waals surface area contributed by atoms with Gasteiger partial charge in [0.1, 0.15) is 0 Å². The van der Waals surface area contributed by atoms with Gasteiger partial charge in [-0.2, -0.15) is 0 Å². The van der Waals surface area contributed by atoms with E-state index in [1.54, 1.807) is 0 Å². The minimum atomic E-state index is 0. The molecular weight excluding hydrogens is 479 g/mol. The molecule has 6 heteroatoms. The van der Waals surface area contributed by atoms with E-state index in [0.29, 0.717) is 12.0 Å². The van der Waals surface area contributed by atoms with Gasteiger partial charge in [-0.25, -0.2) is 0 Å². The third-order valence-corrected chi connectivity index (χ3v) is 6.35. The predicted molar refractivity (Wildman–Crippen MR) is 132 cm³/mol. The number of guanidine groups is 1. The number of rotatable bonds is 7. The standard InChI is InChI=1S/C22H32N4S.HI/c1-18-14-20(17-26(18)16-19-8-5-4-6-9-19)15-24-22(23-2)25(3)12-11-21-10-7-13-27-21;/h4-10,13,18,20H,11-12,14-17H2,1-3H3,(H,23,24);1H. The lowest BCUT2D eigenvalue weighted by Crippen LogP contribution is -2.42. The molecule has 1 N–H and O–H groups in total. The number of benzene rings is 1. The number of nitrogens with zero attached hydrogens (tertiary/aromatic N) is 3. The average molecular weight is 513 g/mol. The van der Waals surface area contributed by atoms with E-state index in [0.717, 1.165) is 38.6 Å². The molecular formula is C22H33IN4S. The van der Waals surface area contributed by atoms with Crippen LogP contribution in [0.15, 0.2) is 52.8 Å². The van der Waals surface area contributed by atoms with Crippen LogP contribution in [0.1, 0.15) is 23.8 Å². The molecule has 0 bridgehead atoms. The second-order valence-corrected chi connectivity index (χ2v) is 8.58. The van der Waals surface area contributed by atoms with E-state index in [2.05, 4.69) is 81.9 Å². The molecule has 0 spiro atoms. The quantitative estimate of drug-likeness (QED) is 0.341. The molecule has 1 aromatic carbocycles. The summed E-state index contributed by atoms with van der Waals surface area (Å²) in [5.74, 6) is 1.67. The Kier molecular flexibility index (Phi) is 9.74. The molecule has 2 atom stereocenters. The van der Waals surface area contributed by atoms with E-state index in [4.69, 9.17) is 0 Å². The van der Waals surface area contributed by atoms with Crippen molar-refractivity contribution in [3.05, 3.63) is 58.3 Å². The summed E-state index contributed by atoms with van der Waals surface area (Å²) >= 11 is 1.83. The van der Waals surface area contributed by atoms with Gasteiger partial charge in [0.25, 0.3) is 0 Å².